The monoisotopic (exact) mass is 631 g/mol. The molecule has 8 N–H and O–H groups in total. The molecule has 2 heterocycles. The predicted octanol–water partition coefficient (Wildman–Crippen LogP) is 5.10. The van der Waals surface area contributed by atoms with Gasteiger partial charge in [0.15, 0.2) is 5.96 Å². The van der Waals surface area contributed by atoms with Crippen molar-refractivity contribution in [3.05, 3.63) is 78.0 Å². The van der Waals surface area contributed by atoms with Gasteiger partial charge in [0.1, 0.15) is 12.1 Å². The third kappa shape index (κ3) is 10.7. The lowest BCUT2D eigenvalue weighted by Crippen LogP contribution is -2.48. The molecular weight excluding hydrogens is 582 g/mol. The van der Waals surface area contributed by atoms with Gasteiger partial charge in [-0.15, -0.1) is 0 Å². The molecule has 5 atom stereocenters. The number of H-pyrrole nitrogens is 1. The maximum atomic E-state index is 12.0. The van der Waals surface area contributed by atoms with Gasteiger partial charge in [0.2, 0.25) is 0 Å². The first kappa shape index (κ1) is 34.7. The number of anilines is 1. The molecule has 10 nitrogen and oxygen atoms in total. The molecule has 0 amide bonds. The molecule has 46 heavy (non-hydrogen) atoms. The number of carboxylic acids is 1. The standard InChI is InChI=1S/C36H49N5O5/c37-36-39-20-18-33(41-36)31(23-35(45)46)32(40-34-11-4-19-38-34)17-15-27(29-14-13-26-7-1-2-8-28(26)22-29)9-3-10-30(44)16-12-25(24-43)6-5-21-42/h1-2,4,7-8,11,13-14,19,22-25,27,30,32-33,38,40,42,44H,3,5-6,9-10,12,15-18,20-21H2,(H,45,46)(H3,37,39,41). The maximum Gasteiger partial charge on any atom is 0.328 e. The van der Waals surface area contributed by atoms with Crippen molar-refractivity contribution in [1.82, 2.24) is 10.3 Å². The minimum absolute atomic E-state index is 0.0670. The lowest BCUT2D eigenvalue weighted by atomic mass is 9.84. The summed E-state index contributed by atoms with van der Waals surface area (Å²) in [6, 6.07) is 18.1. The number of nitrogens with one attached hydrogen (secondary N) is 3. The molecule has 0 bridgehead atoms. The minimum atomic E-state index is -1.01. The molecule has 5 unspecified atom stereocenters. The van der Waals surface area contributed by atoms with Crippen molar-refractivity contribution in [2.45, 2.75) is 88.3 Å². The number of rotatable bonds is 20. The minimum Gasteiger partial charge on any atom is -0.478 e. The SMILES string of the molecule is NC1=NCCC(C(=CC(=O)O)C(CCC(CCCC(O)CCC(C=O)CCCO)c2ccc3ccccc3c2)Nc2ccc[nH]2)N1. The van der Waals surface area contributed by atoms with Crippen molar-refractivity contribution < 1.29 is 24.9 Å². The second-order valence-corrected chi connectivity index (χ2v) is 12.3. The predicted molar refractivity (Wildman–Crippen MR) is 183 cm³/mol. The van der Waals surface area contributed by atoms with Gasteiger partial charge in [-0.05, 0) is 97.7 Å². The van der Waals surface area contributed by atoms with E-state index in [4.69, 9.17) is 10.8 Å². The molecular formula is C36H49N5O5. The van der Waals surface area contributed by atoms with Crippen LogP contribution in [-0.4, -0.2) is 69.9 Å². The first-order valence-electron chi connectivity index (χ1n) is 16.5. The fourth-order valence-electron chi connectivity index (χ4n) is 6.47. The number of carbonyl (C=O) groups excluding carboxylic acids is 1. The topological polar surface area (TPSA) is 173 Å². The van der Waals surface area contributed by atoms with Crippen LogP contribution in [-0.2, 0) is 9.59 Å². The number of aliphatic hydroxyl groups excluding tert-OH is 2. The van der Waals surface area contributed by atoms with Gasteiger partial charge in [-0.1, -0.05) is 48.9 Å². The molecule has 0 fully saturated rings. The van der Waals surface area contributed by atoms with Crippen molar-refractivity contribution in [2.75, 3.05) is 18.5 Å². The van der Waals surface area contributed by atoms with Crippen LogP contribution in [0, 0.1) is 5.92 Å². The lowest BCUT2D eigenvalue weighted by Gasteiger charge is -2.32. The van der Waals surface area contributed by atoms with E-state index in [0.717, 1.165) is 36.9 Å². The highest BCUT2D eigenvalue weighted by molar-refractivity contribution is 5.84. The highest BCUT2D eigenvalue weighted by Crippen LogP contribution is 2.33. The number of hydrogen-bond acceptors (Lipinski definition) is 8. The molecule has 10 heteroatoms. The summed E-state index contributed by atoms with van der Waals surface area (Å²) in [5.74, 6) is 0.145. The number of aliphatic carboxylic acids is 1. The van der Waals surface area contributed by atoms with E-state index in [1.807, 2.05) is 30.5 Å². The van der Waals surface area contributed by atoms with Crippen molar-refractivity contribution >= 4 is 34.8 Å². The van der Waals surface area contributed by atoms with Gasteiger partial charge in [0, 0.05) is 31.3 Å². The average molecular weight is 632 g/mol. The van der Waals surface area contributed by atoms with Crippen LogP contribution in [0.1, 0.15) is 75.7 Å². The van der Waals surface area contributed by atoms with Crippen LogP contribution in [0.15, 0.2) is 77.4 Å². The molecule has 1 aliphatic heterocycles. The number of aromatic nitrogens is 1. The molecule has 248 valence electrons. The van der Waals surface area contributed by atoms with E-state index in [-0.39, 0.29) is 30.5 Å². The zero-order chi connectivity index (χ0) is 32.7. The number of nitrogens with two attached hydrogens (primary N) is 1. The van der Waals surface area contributed by atoms with Gasteiger partial charge in [-0.2, -0.15) is 0 Å². The number of aliphatic imine (C=N–C) groups is 1. The van der Waals surface area contributed by atoms with E-state index < -0.39 is 12.1 Å². The van der Waals surface area contributed by atoms with Crippen LogP contribution in [0.3, 0.4) is 0 Å². The Morgan fingerprint density at radius 3 is 2.54 bits per heavy atom. The second-order valence-electron chi connectivity index (χ2n) is 12.3. The third-order valence-electron chi connectivity index (χ3n) is 8.98. The number of aldehydes is 1. The number of fused-ring (bicyclic) bond motifs is 1. The number of carbonyl (C=O) groups is 2. The third-order valence-corrected chi connectivity index (χ3v) is 8.98. The van der Waals surface area contributed by atoms with E-state index in [2.05, 4.69) is 50.9 Å². The number of hydrogen-bond donors (Lipinski definition) is 7. The Bertz CT molecular complexity index is 1440. The van der Waals surface area contributed by atoms with Crippen LogP contribution >= 0.6 is 0 Å². The fraction of sp³-hybridized carbons (Fsp3) is 0.472. The zero-order valence-electron chi connectivity index (χ0n) is 26.5. The first-order chi connectivity index (χ1) is 22.4. The molecule has 4 rings (SSSR count). The van der Waals surface area contributed by atoms with Crippen LogP contribution in [0.5, 0.6) is 0 Å². The van der Waals surface area contributed by atoms with Gasteiger partial charge in [-0.3, -0.25) is 4.99 Å². The smallest absolute Gasteiger partial charge is 0.328 e. The largest absolute Gasteiger partial charge is 0.478 e. The fourth-order valence-corrected chi connectivity index (χ4v) is 6.47. The van der Waals surface area contributed by atoms with Crippen LogP contribution in [0.2, 0.25) is 0 Å². The van der Waals surface area contributed by atoms with Gasteiger partial charge in [-0.25, -0.2) is 4.79 Å². The summed E-state index contributed by atoms with van der Waals surface area (Å²) >= 11 is 0. The molecule has 0 radical (unpaired) electrons. The van der Waals surface area contributed by atoms with Gasteiger partial charge < -0.3 is 41.5 Å². The Morgan fingerprint density at radius 2 is 1.83 bits per heavy atom. The Hall–Kier alpha value is -4.15. The van der Waals surface area contributed by atoms with Gasteiger partial charge in [0.25, 0.3) is 0 Å². The quantitative estimate of drug-likeness (QED) is 0.0666. The van der Waals surface area contributed by atoms with Crippen LogP contribution < -0.4 is 16.4 Å². The molecule has 0 spiro atoms. The summed E-state index contributed by atoms with van der Waals surface area (Å²) < 4.78 is 0. The number of benzene rings is 2. The van der Waals surface area contributed by atoms with Crippen molar-refractivity contribution in [3.63, 3.8) is 0 Å². The number of carboxylic acid groups (broad SMARTS) is 1. The second kappa shape index (κ2) is 18.1. The lowest BCUT2D eigenvalue weighted by molar-refractivity contribution is -0.131. The highest BCUT2D eigenvalue weighted by atomic mass is 16.4. The van der Waals surface area contributed by atoms with E-state index >= 15 is 0 Å². The molecule has 1 aliphatic rings. The normalized spacial score (nSPS) is 17.8. The summed E-state index contributed by atoms with van der Waals surface area (Å²) in [5.41, 5.74) is 7.95. The molecule has 3 aromatic rings. The molecule has 2 aromatic carbocycles. The zero-order valence-corrected chi connectivity index (χ0v) is 26.5. The summed E-state index contributed by atoms with van der Waals surface area (Å²) in [4.78, 5) is 30.9. The molecule has 0 aliphatic carbocycles. The first-order valence-corrected chi connectivity index (χ1v) is 16.5. The Balaban J connectivity index is 1.51. The molecule has 0 saturated heterocycles. The van der Waals surface area contributed by atoms with E-state index in [0.29, 0.717) is 57.5 Å². The molecule has 0 saturated carbocycles. The van der Waals surface area contributed by atoms with Crippen LogP contribution in [0.25, 0.3) is 10.8 Å². The van der Waals surface area contributed by atoms with Crippen LogP contribution in [0.4, 0.5) is 5.82 Å². The van der Waals surface area contributed by atoms with Gasteiger partial charge in [0.05, 0.1) is 18.2 Å². The summed E-state index contributed by atoms with van der Waals surface area (Å²) in [6.07, 6.45) is 10.4. The Kier molecular flexibility index (Phi) is 13.7. The maximum absolute atomic E-state index is 12.0. The number of nitrogens with zero attached hydrogens (tertiary/aromatic N) is 1. The summed E-state index contributed by atoms with van der Waals surface area (Å²) in [6.45, 7) is 0.588. The number of aromatic amines is 1. The van der Waals surface area contributed by atoms with Crippen molar-refractivity contribution in [1.29, 1.82) is 0 Å². The van der Waals surface area contributed by atoms with E-state index in [1.54, 1.807) is 0 Å². The Morgan fingerprint density at radius 1 is 1.00 bits per heavy atom. The summed E-state index contributed by atoms with van der Waals surface area (Å²) in [5, 5.41) is 38.8. The van der Waals surface area contributed by atoms with E-state index in [9.17, 15) is 19.8 Å². The van der Waals surface area contributed by atoms with Crippen molar-refractivity contribution in [2.24, 2.45) is 16.6 Å². The number of guanidine groups is 1. The average Bonchev–Trinajstić information content (AvgIpc) is 3.57. The van der Waals surface area contributed by atoms with E-state index in [1.165, 1.54) is 22.4 Å². The number of aliphatic hydroxyl groups is 2. The summed E-state index contributed by atoms with van der Waals surface area (Å²) in [7, 11) is 0. The van der Waals surface area contributed by atoms with Gasteiger partial charge >= 0.3 is 5.97 Å². The molecule has 1 aromatic heterocycles. The highest BCUT2D eigenvalue weighted by Gasteiger charge is 2.28. The van der Waals surface area contributed by atoms with Crippen molar-refractivity contribution in [3.8, 4) is 0 Å². The Labute approximate surface area is 271 Å².